The van der Waals surface area contributed by atoms with Gasteiger partial charge in [0.1, 0.15) is 5.82 Å². The van der Waals surface area contributed by atoms with Gasteiger partial charge in [-0.1, -0.05) is 16.9 Å². The maximum absolute atomic E-state index is 13.2. The highest BCUT2D eigenvalue weighted by molar-refractivity contribution is 8.16. The van der Waals surface area contributed by atoms with Gasteiger partial charge in [-0.3, -0.25) is 9.79 Å². The van der Waals surface area contributed by atoms with Crippen molar-refractivity contribution in [1.29, 1.82) is 0 Å². The molecule has 3 aliphatic heterocycles. The molecule has 1 amide bonds. The number of carbonyl (C=O) groups is 1. The van der Waals surface area contributed by atoms with Crippen molar-refractivity contribution in [3.8, 4) is 11.3 Å². The van der Waals surface area contributed by atoms with Gasteiger partial charge in [0.05, 0.1) is 25.2 Å². The number of carbonyl (C=O) groups excluding carboxylic acids is 1. The monoisotopic (exact) mass is 384 g/mol. The van der Waals surface area contributed by atoms with Crippen LogP contribution in [0.4, 0.5) is 4.39 Å². The lowest BCUT2D eigenvalue weighted by atomic mass is 10.0. The van der Waals surface area contributed by atoms with Crippen molar-refractivity contribution >= 4 is 22.8 Å². The summed E-state index contributed by atoms with van der Waals surface area (Å²) in [5, 5.41) is 7.17. The number of nitrogens with zero attached hydrogens (tertiary/aromatic N) is 4. The first-order chi connectivity index (χ1) is 13.2. The molecule has 2 aromatic rings. The van der Waals surface area contributed by atoms with Gasteiger partial charge in [0, 0.05) is 36.3 Å². The summed E-state index contributed by atoms with van der Waals surface area (Å²) in [4.78, 5) is 21.3. The third kappa shape index (κ3) is 2.93. The van der Waals surface area contributed by atoms with Crippen LogP contribution >= 0.6 is 11.8 Å². The number of fused-ring (bicyclic) bond motifs is 2. The normalized spacial score (nSPS) is 18.3. The Balaban J connectivity index is 1.33. The molecule has 1 aromatic carbocycles. The fourth-order valence-corrected chi connectivity index (χ4v) is 4.59. The molecule has 138 valence electrons. The first-order valence-electron chi connectivity index (χ1n) is 8.88. The number of amidine groups is 1. The molecular weight excluding hydrogens is 367 g/mol. The largest absolute Gasteiger partial charge is 0.356 e. The van der Waals surface area contributed by atoms with E-state index < -0.39 is 0 Å². The zero-order valence-electron chi connectivity index (χ0n) is 14.5. The van der Waals surface area contributed by atoms with Crippen molar-refractivity contribution in [2.75, 3.05) is 19.6 Å². The Morgan fingerprint density at radius 3 is 2.96 bits per heavy atom. The molecule has 27 heavy (non-hydrogen) atoms. The second kappa shape index (κ2) is 6.53. The van der Waals surface area contributed by atoms with Crippen molar-refractivity contribution in [2.24, 2.45) is 4.99 Å². The molecule has 0 N–H and O–H groups in total. The van der Waals surface area contributed by atoms with E-state index in [1.165, 1.54) is 12.1 Å². The Morgan fingerprint density at radius 2 is 2.11 bits per heavy atom. The number of rotatable bonds is 3. The Hall–Kier alpha value is -2.61. The molecule has 6 nitrogen and oxygen atoms in total. The van der Waals surface area contributed by atoms with Crippen LogP contribution in [0.3, 0.4) is 0 Å². The zero-order chi connectivity index (χ0) is 18.4. The quantitative estimate of drug-likeness (QED) is 0.814. The molecule has 5 rings (SSSR count). The lowest BCUT2D eigenvalue weighted by molar-refractivity contribution is -0.131. The molecule has 4 heterocycles. The number of aliphatic imine (C=N–C) groups is 1. The number of aromatic nitrogens is 1. The maximum Gasteiger partial charge on any atom is 0.228 e. The molecule has 0 saturated heterocycles. The van der Waals surface area contributed by atoms with E-state index in [2.05, 4.69) is 15.0 Å². The smallest absolute Gasteiger partial charge is 0.228 e. The topological polar surface area (TPSA) is 61.9 Å². The maximum atomic E-state index is 13.2. The fourth-order valence-electron chi connectivity index (χ4n) is 3.64. The van der Waals surface area contributed by atoms with Crippen LogP contribution in [-0.4, -0.2) is 45.7 Å². The highest BCUT2D eigenvalue weighted by Gasteiger charge is 2.31. The van der Waals surface area contributed by atoms with E-state index in [4.69, 9.17) is 4.52 Å². The van der Waals surface area contributed by atoms with Crippen LogP contribution in [0.25, 0.3) is 11.3 Å². The van der Waals surface area contributed by atoms with Crippen LogP contribution in [-0.2, 0) is 17.8 Å². The Kier molecular flexibility index (Phi) is 4.00. The van der Waals surface area contributed by atoms with E-state index in [1.54, 1.807) is 23.9 Å². The van der Waals surface area contributed by atoms with Gasteiger partial charge in [-0.05, 0) is 29.7 Å². The predicted octanol–water partition coefficient (Wildman–Crippen LogP) is 3.02. The van der Waals surface area contributed by atoms with Gasteiger partial charge in [-0.15, -0.1) is 0 Å². The summed E-state index contributed by atoms with van der Waals surface area (Å²) in [5.41, 5.74) is 3.59. The van der Waals surface area contributed by atoms with Crippen LogP contribution in [0.5, 0.6) is 0 Å². The molecule has 8 heteroatoms. The van der Waals surface area contributed by atoms with Crippen molar-refractivity contribution < 1.29 is 13.7 Å². The molecule has 0 aliphatic carbocycles. The van der Waals surface area contributed by atoms with Gasteiger partial charge in [0.25, 0.3) is 0 Å². The lowest BCUT2D eigenvalue weighted by Crippen LogP contribution is -2.37. The van der Waals surface area contributed by atoms with Gasteiger partial charge in [0.15, 0.2) is 10.9 Å². The average Bonchev–Trinajstić information content (AvgIpc) is 3.39. The molecule has 1 aromatic heterocycles. The number of thioether (sulfide) groups is 1. The molecule has 0 atom stereocenters. The van der Waals surface area contributed by atoms with Crippen molar-refractivity contribution in [3.63, 3.8) is 0 Å². The summed E-state index contributed by atoms with van der Waals surface area (Å²) in [6.07, 6.45) is 1.04. The lowest BCUT2D eigenvalue weighted by Gasteiger charge is -2.27. The van der Waals surface area contributed by atoms with E-state index in [-0.39, 0.29) is 11.7 Å². The van der Waals surface area contributed by atoms with Gasteiger partial charge in [0.2, 0.25) is 5.91 Å². The standard InChI is InChI=1S/C19H17FN4O2S/c20-13-3-1-12(2-4-13)18-15-10-23(7-5-16(15)22-26-18)17(25)9-14-11-27-19-21-6-8-24(14)19/h1-4,11H,5-10H2. The third-order valence-corrected chi connectivity index (χ3v) is 6.03. The van der Waals surface area contributed by atoms with Crippen molar-refractivity contribution in [1.82, 2.24) is 15.0 Å². The molecule has 0 radical (unpaired) electrons. The van der Waals surface area contributed by atoms with Gasteiger partial charge >= 0.3 is 0 Å². The highest BCUT2D eigenvalue weighted by atomic mass is 32.2. The van der Waals surface area contributed by atoms with E-state index >= 15 is 0 Å². The molecule has 0 fully saturated rings. The minimum atomic E-state index is -0.295. The van der Waals surface area contributed by atoms with Crippen LogP contribution in [0.2, 0.25) is 0 Å². The number of halogens is 1. The summed E-state index contributed by atoms with van der Waals surface area (Å²) in [5.74, 6) is 0.412. The fraction of sp³-hybridized carbons (Fsp3) is 0.316. The minimum Gasteiger partial charge on any atom is -0.356 e. The Bertz CT molecular complexity index is 967. The molecule has 0 saturated carbocycles. The second-order valence-electron chi connectivity index (χ2n) is 6.73. The minimum absolute atomic E-state index is 0.0897. The van der Waals surface area contributed by atoms with Gasteiger partial charge in [-0.2, -0.15) is 0 Å². The van der Waals surface area contributed by atoms with E-state index in [0.717, 1.165) is 40.8 Å². The van der Waals surface area contributed by atoms with E-state index in [1.807, 2.05) is 10.3 Å². The predicted molar refractivity (Wildman–Crippen MR) is 100 cm³/mol. The second-order valence-corrected chi connectivity index (χ2v) is 7.57. The molecular formula is C19H17FN4O2S. The highest BCUT2D eigenvalue weighted by Crippen LogP contribution is 2.33. The summed E-state index contributed by atoms with van der Waals surface area (Å²) in [6.45, 7) is 2.74. The third-order valence-electron chi connectivity index (χ3n) is 5.08. The molecule has 0 bridgehead atoms. The SMILES string of the molecule is O=C(CC1=CSC2=NCCN12)N1CCc2noc(-c3ccc(F)cc3)c2C1. The number of hydrogen-bond donors (Lipinski definition) is 0. The summed E-state index contributed by atoms with van der Waals surface area (Å²) < 4.78 is 18.7. The van der Waals surface area contributed by atoms with Crippen LogP contribution in [0.1, 0.15) is 17.7 Å². The van der Waals surface area contributed by atoms with Crippen molar-refractivity contribution in [3.05, 3.63) is 52.4 Å². The van der Waals surface area contributed by atoms with Gasteiger partial charge < -0.3 is 14.3 Å². The van der Waals surface area contributed by atoms with Crippen LogP contribution in [0, 0.1) is 5.82 Å². The average molecular weight is 384 g/mol. The first kappa shape index (κ1) is 16.6. The zero-order valence-corrected chi connectivity index (χ0v) is 15.3. The van der Waals surface area contributed by atoms with Gasteiger partial charge in [-0.25, -0.2) is 4.39 Å². The van der Waals surface area contributed by atoms with E-state index in [0.29, 0.717) is 31.7 Å². The molecule has 0 unspecified atom stereocenters. The number of benzene rings is 1. The van der Waals surface area contributed by atoms with Crippen LogP contribution in [0.15, 0.2) is 44.9 Å². The number of amides is 1. The molecule has 3 aliphatic rings. The van der Waals surface area contributed by atoms with E-state index in [9.17, 15) is 9.18 Å². The number of hydrogen-bond acceptors (Lipinski definition) is 6. The summed E-state index contributed by atoms with van der Waals surface area (Å²) in [6, 6.07) is 6.14. The Morgan fingerprint density at radius 1 is 1.26 bits per heavy atom. The molecule has 0 spiro atoms. The van der Waals surface area contributed by atoms with Crippen molar-refractivity contribution in [2.45, 2.75) is 19.4 Å². The Labute approximate surface area is 159 Å². The van der Waals surface area contributed by atoms with Crippen LogP contribution < -0.4 is 0 Å². The summed E-state index contributed by atoms with van der Waals surface area (Å²) in [7, 11) is 0. The first-order valence-corrected chi connectivity index (χ1v) is 9.76. The summed E-state index contributed by atoms with van der Waals surface area (Å²) >= 11 is 1.59.